The van der Waals surface area contributed by atoms with Crippen molar-refractivity contribution < 1.29 is 19.4 Å². The lowest BCUT2D eigenvalue weighted by molar-refractivity contribution is -0.128. The minimum absolute atomic E-state index is 0.272. The van der Waals surface area contributed by atoms with Gasteiger partial charge in [-0.3, -0.25) is 14.7 Å². The van der Waals surface area contributed by atoms with Crippen molar-refractivity contribution >= 4 is 28.1 Å². The summed E-state index contributed by atoms with van der Waals surface area (Å²) in [6.07, 6.45) is 0.444. The molecule has 3 N–H and O–H groups in total. The van der Waals surface area contributed by atoms with Crippen molar-refractivity contribution in [3.63, 3.8) is 0 Å². The average molecular weight is 513 g/mol. The predicted molar refractivity (Wildman–Crippen MR) is 137 cm³/mol. The Morgan fingerprint density at radius 3 is 2.69 bits per heavy atom. The summed E-state index contributed by atoms with van der Waals surface area (Å²) in [5.41, 5.74) is 2.99. The van der Waals surface area contributed by atoms with Gasteiger partial charge in [0.1, 0.15) is 12.0 Å². The maximum atomic E-state index is 16.2. The molecule has 3 aromatic rings. The number of amides is 1. The highest BCUT2D eigenvalue weighted by atomic mass is 32.1. The van der Waals surface area contributed by atoms with Crippen molar-refractivity contribution in [1.82, 2.24) is 20.2 Å². The molecule has 0 aliphatic carbocycles. The Kier molecular flexibility index (Phi) is 6.39. The molecule has 7 nitrogen and oxygen atoms in total. The molecule has 0 bridgehead atoms. The molecule has 192 valence electrons. The lowest BCUT2D eigenvalue weighted by atomic mass is 9.66. The first-order chi connectivity index (χ1) is 17.0. The van der Waals surface area contributed by atoms with Crippen LogP contribution in [0.4, 0.5) is 4.39 Å². The minimum Gasteiger partial charge on any atom is -0.384 e. The number of halogens is 1. The fraction of sp³-hybridized carbons (Fsp3) is 0.519. The molecule has 4 heterocycles. The van der Waals surface area contributed by atoms with Crippen molar-refractivity contribution in [3.05, 3.63) is 56.9 Å². The van der Waals surface area contributed by atoms with Crippen LogP contribution in [0.2, 0.25) is 0 Å². The Morgan fingerprint density at radius 1 is 1.25 bits per heavy atom. The topological polar surface area (TPSA) is 98.6 Å². The molecule has 1 amide bonds. The Hall–Kier alpha value is -2.46. The van der Waals surface area contributed by atoms with Crippen molar-refractivity contribution in [2.75, 3.05) is 13.1 Å². The molecule has 0 saturated carbocycles. The first-order valence-corrected chi connectivity index (χ1v) is 13.3. The molecule has 2 aliphatic heterocycles. The Morgan fingerprint density at radius 2 is 2.03 bits per heavy atom. The van der Waals surface area contributed by atoms with Gasteiger partial charge in [0.15, 0.2) is 0 Å². The summed E-state index contributed by atoms with van der Waals surface area (Å²) in [5.74, 6) is -1.26. The van der Waals surface area contributed by atoms with Gasteiger partial charge in [-0.2, -0.15) is 0 Å². The molecule has 3 unspecified atom stereocenters. The van der Waals surface area contributed by atoms with Crippen LogP contribution in [0.15, 0.2) is 23.7 Å². The van der Waals surface area contributed by atoms with E-state index in [9.17, 15) is 15.0 Å². The Bertz CT molecular complexity index is 1330. The number of hydrogen-bond acceptors (Lipinski definition) is 7. The van der Waals surface area contributed by atoms with Gasteiger partial charge >= 0.3 is 0 Å². The Labute approximate surface area is 214 Å². The third kappa shape index (κ3) is 4.22. The van der Waals surface area contributed by atoms with Crippen LogP contribution >= 0.6 is 11.3 Å². The van der Waals surface area contributed by atoms with Gasteiger partial charge < -0.3 is 15.5 Å². The molecule has 9 heteroatoms. The molecule has 5 rings (SSSR count). The van der Waals surface area contributed by atoms with E-state index in [0.29, 0.717) is 54.5 Å². The monoisotopic (exact) mass is 512 g/mol. The van der Waals surface area contributed by atoms with Crippen LogP contribution in [0, 0.1) is 25.1 Å². The maximum absolute atomic E-state index is 16.2. The summed E-state index contributed by atoms with van der Waals surface area (Å²) in [6, 6.07) is 5.13. The van der Waals surface area contributed by atoms with E-state index < -0.39 is 29.0 Å². The molecular weight excluding hydrogens is 479 g/mol. The third-order valence-corrected chi connectivity index (χ3v) is 9.00. The summed E-state index contributed by atoms with van der Waals surface area (Å²) in [4.78, 5) is 25.0. The van der Waals surface area contributed by atoms with E-state index in [4.69, 9.17) is 0 Å². The summed E-state index contributed by atoms with van der Waals surface area (Å²) >= 11 is 1.63. The number of carbonyl (C=O) groups is 1. The van der Waals surface area contributed by atoms with Crippen LogP contribution in [-0.4, -0.2) is 50.3 Å². The Balaban J connectivity index is 1.49. The minimum atomic E-state index is -1.36. The van der Waals surface area contributed by atoms with Crippen molar-refractivity contribution in [2.24, 2.45) is 5.41 Å². The van der Waals surface area contributed by atoms with Crippen LogP contribution in [0.5, 0.6) is 0 Å². The normalized spacial score (nSPS) is 26.8. The smallest absolute Gasteiger partial charge is 0.229 e. The van der Waals surface area contributed by atoms with Crippen LogP contribution in [-0.2, 0) is 16.9 Å². The fourth-order valence-electron chi connectivity index (χ4n) is 5.83. The molecule has 3 atom stereocenters. The van der Waals surface area contributed by atoms with Crippen molar-refractivity contribution in [3.8, 4) is 0 Å². The van der Waals surface area contributed by atoms with E-state index >= 15 is 4.39 Å². The molecule has 2 aromatic heterocycles. The number of aliphatic hydroxyl groups is 2. The molecular formula is C27H33FN4O3S. The number of piperidine rings is 2. The molecule has 0 spiro atoms. The first kappa shape index (κ1) is 25.2. The number of aryl methyl sites for hydroxylation is 2. The number of aliphatic hydroxyl groups excluding tert-OH is 1. The van der Waals surface area contributed by atoms with Gasteiger partial charge in [0.2, 0.25) is 5.91 Å². The standard InChI is InChI=1S/C27H33FN4O3S/c1-15-18(17-5-8-23(33)31-25(17)34)11-19-21(30-15)7-6-20(24(19)28)27(35)9-10-32(13-26(27,3)4)12-22-16(2)29-14-36-22/h6-7,11,14,17,23,33,35H,5,8-10,12-13H2,1-4H3,(H,31,34). The predicted octanol–water partition coefficient (Wildman–Crippen LogP) is 3.88. The maximum Gasteiger partial charge on any atom is 0.229 e. The van der Waals surface area contributed by atoms with Crippen molar-refractivity contribution in [2.45, 2.75) is 71.2 Å². The highest BCUT2D eigenvalue weighted by Gasteiger charge is 2.50. The number of carbonyl (C=O) groups excluding carboxylic acids is 1. The van der Waals surface area contributed by atoms with E-state index in [1.807, 2.05) is 33.2 Å². The van der Waals surface area contributed by atoms with Gasteiger partial charge in [-0.1, -0.05) is 19.9 Å². The third-order valence-electron chi connectivity index (χ3n) is 8.08. The second-order valence-corrected chi connectivity index (χ2v) is 11.8. The SMILES string of the molecule is Cc1nc2ccc(C3(O)CCN(Cc4scnc4C)CC3(C)C)c(F)c2cc1C1CCC(O)NC1=O. The van der Waals surface area contributed by atoms with Crippen LogP contribution in [0.25, 0.3) is 10.9 Å². The summed E-state index contributed by atoms with van der Waals surface area (Å²) in [7, 11) is 0. The molecule has 2 fully saturated rings. The van der Waals surface area contributed by atoms with E-state index in [2.05, 4.69) is 20.2 Å². The highest BCUT2D eigenvalue weighted by Crippen LogP contribution is 2.48. The van der Waals surface area contributed by atoms with E-state index in [-0.39, 0.29) is 11.5 Å². The number of nitrogens with one attached hydrogen (secondary N) is 1. The number of thiazole rings is 1. The largest absolute Gasteiger partial charge is 0.384 e. The van der Waals surface area contributed by atoms with Gasteiger partial charge in [-0.05, 0) is 50.8 Å². The number of fused-ring (bicyclic) bond motifs is 1. The number of nitrogens with zero attached hydrogens (tertiary/aromatic N) is 3. The van der Waals surface area contributed by atoms with Gasteiger partial charge in [0.05, 0.1) is 28.2 Å². The summed E-state index contributed by atoms with van der Waals surface area (Å²) in [5, 5.41) is 24.6. The zero-order valence-electron chi connectivity index (χ0n) is 21.1. The van der Waals surface area contributed by atoms with Gasteiger partial charge in [-0.15, -0.1) is 11.3 Å². The molecule has 1 aromatic carbocycles. The molecule has 2 aliphatic rings. The molecule has 0 radical (unpaired) electrons. The molecule has 36 heavy (non-hydrogen) atoms. The second-order valence-electron chi connectivity index (χ2n) is 10.9. The lowest BCUT2D eigenvalue weighted by Gasteiger charge is -2.50. The quantitative estimate of drug-likeness (QED) is 0.491. The summed E-state index contributed by atoms with van der Waals surface area (Å²) in [6.45, 7) is 9.80. The lowest BCUT2D eigenvalue weighted by Crippen LogP contribution is -2.55. The van der Waals surface area contributed by atoms with E-state index in [0.717, 1.165) is 12.2 Å². The van der Waals surface area contributed by atoms with Gasteiger partial charge in [-0.25, -0.2) is 9.37 Å². The molecule has 2 saturated heterocycles. The number of aromatic nitrogens is 2. The number of likely N-dealkylation sites (tertiary alicyclic amines) is 1. The van der Waals surface area contributed by atoms with E-state index in [1.54, 1.807) is 29.5 Å². The van der Waals surface area contributed by atoms with Crippen molar-refractivity contribution in [1.29, 1.82) is 0 Å². The average Bonchev–Trinajstić information content (AvgIpc) is 3.21. The van der Waals surface area contributed by atoms with Crippen LogP contribution < -0.4 is 5.32 Å². The summed E-state index contributed by atoms with van der Waals surface area (Å²) < 4.78 is 16.2. The van der Waals surface area contributed by atoms with Gasteiger partial charge in [0, 0.05) is 46.6 Å². The van der Waals surface area contributed by atoms with E-state index in [1.165, 1.54) is 4.88 Å². The van der Waals surface area contributed by atoms with Gasteiger partial charge in [0.25, 0.3) is 0 Å². The number of benzene rings is 1. The highest BCUT2D eigenvalue weighted by molar-refractivity contribution is 7.09. The second kappa shape index (κ2) is 9.13. The number of rotatable bonds is 4. The zero-order valence-corrected chi connectivity index (χ0v) is 22.0. The van der Waals surface area contributed by atoms with Crippen LogP contribution in [0.3, 0.4) is 0 Å². The first-order valence-electron chi connectivity index (χ1n) is 12.4. The zero-order chi connectivity index (χ0) is 25.8. The fourth-order valence-corrected chi connectivity index (χ4v) is 6.65. The number of hydrogen-bond donors (Lipinski definition) is 3. The number of pyridine rings is 1. The van der Waals surface area contributed by atoms with Crippen LogP contribution in [0.1, 0.15) is 66.4 Å².